The molecule has 7 rings (SSSR count). The van der Waals surface area contributed by atoms with Crippen molar-refractivity contribution in [2.75, 3.05) is 75.5 Å². The highest BCUT2D eigenvalue weighted by Gasteiger charge is 2.42. The Morgan fingerprint density at radius 1 is 0.833 bits per heavy atom. The van der Waals surface area contributed by atoms with Gasteiger partial charge >= 0.3 is 0 Å². The van der Waals surface area contributed by atoms with E-state index in [1.54, 1.807) is 0 Å². The molecule has 9 heteroatoms. The Morgan fingerprint density at radius 3 is 2.02 bits per heavy atom. The van der Waals surface area contributed by atoms with E-state index in [2.05, 4.69) is 60.0 Å². The topological polar surface area (TPSA) is 53.1 Å². The molecule has 3 aromatic rings. The van der Waals surface area contributed by atoms with E-state index in [-0.39, 0.29) is 23.6 Å². The molecular weight excluding hydrogens is 640 g/mol. The zero-order valence-corrected chi connectivity index (χ0v) is 31.0. The van der Waals surface area contributed by atoms with E-state index in [4.69, 9.17) is 4.74 Å². The van der Waals surface area contributed by atoms with E-state index in [0.29, 0.717) is 18.0 Å². The lowest BCUT2D eigenvalue weighted by Gasteiger charge is -2.50. The molecule has 7 nitrogen and oxygen atoms in total. The van der Waals surface area contributed by atoms with Crippen molar-refractivity contribution in [2.45, 2.75) is 70.4 Å². The highest BCUT2D eigenvalue weighted by molar-refractivity contribution is 7.91. The highest BCUT2D eigenvalue weighted by atomic mass is 35.5. The number of rotatable bonds is 13. The monoisotopic (exact) mass is 694 g/mol. The van der Waals surface area contributed by atoms with Crippen molar-refractivity contribution in [1.82, 2.24) is 4.90 Å². The van der Waals surface area contributed by atoms with Gasteiger partial charge in [-0.3, -0.25) is 4.90 Å². The molecule has 0 saturated carbocycles. The summed E-state index contributed by atoms with van der Waals surface area (Å²) in [6, 6.07) is 23.1. The standard InChI is InChI=1S/C39H55N4O3S.ClH/c1-5-7-19-39(20-8-6-2)30-42(37-27-35(40(3)4)15-18-38(37)47(44,45)31-39)34-13-16-36(17-14-34)46-29-33-11-9-32(10-12-33)28-43-24-21-41(22-25-43)23-26-43;/h9-18,27H,5-8,19-26,28-31H2,1-4H3;1H/q+1;/p-1. The third-order valence-electron chi connectivity index (χ3n) is 11.0. The summed E-state index contributed by atoms with van der Waals surface area (Å²) < 4.78 is 35.6. The number of sulfone groups is 1. The van der Waals surface area contributed by atoms with Crippen molar-refractivity contribution >= 4 is 26.9 Å². The zero-order valence-electron chi connectivity index (χ0n) is 29.5. The third-order valence-corrected chi connectivity index (χ3v) is 13.0. The molecule has 0 atom stereocenters. The molecule has 0 unspecified atom stereocenters. The Balaban J connectivity index is 0.00000451. The van der Waals surface area contributed by atoms with Gasteiger partial charge in [-0.1, -0.05) is 63.8 Å². The maximum Gasteiger partial charge on any atom is 0.181 e. The Morgan fingerprint density at radius 2 is 1.44 bits per heavy atom. The predicted molar refractivity (Wildman–Crippen MR) is 194 cm³/mol. The molecule has 0 spiro atoms. The van der Waals surface area contributed by atoms with Crippen molar-refractivity contribution in [3.05, 3.63) is 77.9 Å². The Labute approximate surface area is 295 Å². The molecule has 3 fully saturated rings. The van der Waals surface area contributed by atoms with Gasteiger partial charge in [-0.2, -0.15) is 0 Å². The average Bonchev–Trinajstić information content (AvgIpc) is 3.18. The van der Waals surface area contributed by atoms with Crippen molar-refractivity contribution in [1.29, 1.82) is 0 Å². The number of hydrogen-bond acceptors (Lipinski definition) is 6. The minimum Gasteiger partial charge on any atom is -1.00 e. The summed E-state index contributed by atoms with van der Waals surface area (Å²) in [5, 5.41) is 0. The van der Waals surface area contributed by atoms with E-state index in [0.717, 1.165) is 67.9 Å². The molecule has 0 aromatic heterocycles. The van der Waals surface area contributed by atoms with Crippen LogP contribution in [-0.2, 0) is 23.0 Å². The number of unbranched alkanes of at least 4 members (excludes halogenated alkanes) is 2. The van der Waals surface area contributed by atoms with Crippen LogP contribution in [-0.4, -0.2) is 83.5 Å². The van der Waals surface area contributed by atoms with E-state index in [1.807, 2.05) is 49.3 Å². The second-order valence-electron chi connectivity index (χ2n) is 14.7. The third kappa shape index (κ3) is 8.15. The number of halogens is 1. The van der Waals surface area contributed by atoms with Gasteiger partial charge in [0.05, 0.1) is 36.0 Å². The molecule has 4 aliphatic rings. The zero-order chi connectivity index (χ0) is 33.1. The number of nitrogens with zero attached hydrogens (tertiary/aromatic N) is 4. The van der Waals surface area contributed by atoms with Gasteiger partial charge < -0.3 is 31.4 Å². The molecule has 4 aliphatic heterocycles. The van der Waals surface area contributed by atoms with Crippen LogP contribution >= 0.6 is 0 Å². The molecule has 3 aromatic carbocycles. The molecule has 0 aliphatic carbocycles. The van der Waals surface area contributed by atoms with Crippen LogP contribution < -0.4 is 26.9 Å². The summed E-state index contributed by atoms with van der Waals surface area (Å²) in [5.74, 6) is 1.01. The Kier molecular flexibility index (Phi) is 11.7. The van der Waals surface area contributed by atoms with Gasteiger partial charge in [-0.25, -0.2) is 8.42 Å². The largest absolute Gasteiger partial charge is 1.00 e. The number of fused-ring (bicyclic) bond motifs is 4. The van der Waals surface area contributed by atoms with Crippen LogP contribution in [0.15, 0.2) is 71.6 Å². The van der Waals surface area contributed by atoms with Crippen LogP contribution in [0.1, 0.15) is 63.5 Å². The number of hydrogen-bond donors (Lipinski definition) is 0. The number of anilines is 3. The first-order valence-electron chi connectivity index (χ1n) is 17.8. The normalized spacial score (nSPS) is 22.3. The Bertz CT molecular complexity index is 1580. The quantitative estimate of drug-likeness (QED) is 0.249. The fourth-order valence-corrected chi connectivity index (χ4v) is 10.1. The fourth-order valence-electron chi connectivity index (χ4n) is 7.95. The second kappa shape index (κ2) is 15.4. The van der Waals surface area contributed by atoms with Crippen LogP contribution in [0.2, 0.25) is 0 Å². The minimum absolute atomic E-state index is 0. The molecule has 48 heavy (non-hydrogen) atoms. The van der Waals surface area contributed by atoms with Crippen molar-refractivity contribution in [3.8, 4) is 5.75 Å². The van der Waals surface area contributed by atoms with Gasteiger partial charge in [0, 0.05) is 62.6 Å². The van der Waals surface area contributed by atoms with Crippen molar-refractivity contribution < 1.29 is 30.0 Å². The van der Waals surface area contributed by atoms with E-state index in [1.165, 1.54) is 54.9 Å². The summed E-state index contributed by atoms with van der Waals surface area (Å²) in [5.41, 5.74) is 5.04. The first-order valence-corrected chi connectivity index (χ1v) is 19.5. The van der Waals surface area contributed by atoms with Gasteiger partial charge in [0.15, 0.2) is 9.84 Å². The number of benzene rings is 3. The molecule has 0 amide bonds. The summed E-state index contributed by atoms with van der Waals surface area (Å²) in [6.45, 7) is 14.3. The van der Waals surface area contributed by atoms with Crippen molar-refractivity contribution in [3.63, 3.8) is 0 Å². The summed E-state index contributed by atoms with van der Waals surface area (Å²) in [4.78, 5) is 7.35. The molecule has 0 N–H and O–H groups in total. The molecular formula is C39H55ClN4O3S. The van der Waals surface area contributed by atoms with E-state index in [9.17, 15) is 8.42 Å². The lowest BCUT2D eigenvalue weighted by Crippen LogP contribution is -3.00. The smallest absolute Gasteiger partial charge is 0.181 e. The molecule has 262 valence electrons. The highest BCUT2D eigenvalue weighted by Crippen LogP contribution is 2.46. The average molecular weight is 695 g/mol. The summed E-state index contributed by atoms with van der Waals surface area (Å²) in [7, 11) is 0.523. The minimum atomic E-state index is -3.48. The summed E-state index contributed by atoms with van der Waals surface area (Å²) in [6.07, 6.45) is 5.98. The maximum absolute atomic E-state index is 14.1. The molecule has 4 heterocycles. The fraction of sp³-hybridized carbons (Fsp3) is 0.538. The van der Waals surface area contributed by atoms with Gasteiger partial charge in [0.25, 0.3) is 0 Å². The first-order chi connectivity index (χ1) is 22.6. The van der Waals surface area contributed by atoms with Crippen molar-refractivity contribution in [2.24, 2.45) is 5.41 Å². The lowest BCUT2D eigenvalue weighted by molar-refractivity contribution is -0.953. The van der Waals surface area contributed by atoms with Gasteiger partial charge in [0.2, 0.25) is 0 Å². The van der Waals surface area contributed by atoms with E-state index < -0.39 is 9.84 Å². The lowest BCUT2D eigenvalue weighted by atomic mass is 9.79. The molecule has 0 radical (unpaired) electrons. The molecule has 2 bridgehead atoms. The summed E-state index contributed by atoms with van der Waals surface area (Å²) >= 11 is 0. The number of quaternary nitrogens is 1. The second-order valence-corrected chi connectivity index (χ2v) is 16.7. The van der Waals surface area contributed by atoms with E-state index >= 15 is 0 Å². The van der Waals surface area contributed by atoms with Gasteiger partial charge in [-0.15, -0.1) is 0 Å². The molecule has 3 saturated heterocycles. The number of piperazine rings is 3. The van der Waals surface area contributed by atoms with Crippen LogP contribution in [0.4, 0.5) is 17.1 Å². The maximum atomic E-state index is 14.1. The van der Waals surface area contributed by atoms with Crippen LogP contribution in [0.3, 0.4) is 0 Å². The number of ether oxygens (including phenoxy) is 1. The first kappa shape index (κ1) is 36.5. The van der Waals surface area contributed by atoms with Crippen LogP contribution in [0.25, 0.3) is 0 Å². The van der Waals surface area contributed by atoms with Gasteiger partial charge in [0.1, 0.15) is 18.9 Å². The van der Waals surface area contributed by atoms with Crippen LogP contribution in [0, 0.1) is 5.41 Å². The van der Waals surface area contributed by atoms with Gasteiger partial charge in [-0.05, 0) is 60.9 Å². The predicted octanol–water partition coefficient (Wildman–Crippen LogP) is 4.27. The van der Waals surface area contributed by atoms with Crippen LogP contribution in [0.5, 0.6) is 5.75 Å². The Hall–Kier alpha value is -2.78. The SMILES string of the molecule is CCCCC1(CCCC)CN(c2ccc(OCc3ccc(C[N+]45CCN(CC4)CC5)cc3)cc2)c2cc(N(C)C)ccc2S(=O)(=O)C1.[Cl-].